The van der Waals surface area contributed by atoms with E-state index in [1.54, 1.807) is 25.1 Å². The fraction of sp³-hybridized carbons (Fsp3) is 0.238. The maximum atomic E-state index is 13.9. The van der Waals surface area contributed by atoms with E-state index in [1.807, 2.05) is 11.5 Å². The highest BCUT2D eigenvalue weighted by Gasteiger charge is 2.20. The van der Waals surface area contributed by atoms with Crippen molar-refractivity contribution in [3.05, 3.63) is 65.7 Å². The Labute approximate surface area is 182 Å². The molecule has 1 aromatic heterocycles. The summed E-state index contributed by atoms with van der Waals surface area (Å²) in [5, 5.41) is 20.5. The fourth-order valence-electron chi connectivity index (χ4n) is 2.81. The number of carboxylic acids is 1. The molecule has 31 heavy (non-hydrogen) atoms. The van der Waals surface area contributed by atoms with Crippen molar-refractivity contribution in [3.63, 3.8) is 0 Å². The Balaban J connectivity index is 1.61. The minimum absolute atomic E-state index is 0.0847. The highest BCUT2D eigenvalue weighted by Crippen LogP contribution is 2.26. The van der Waals surface area contributed by atoms with Crippen molar-refractivity contribution >= 4 is 29.3 Å². The van der Waals surface area contributed by atoms with Gasteiger partial charge in [-0.15, -0.1) is 10.2 Å². The zero-order chi connectivity index (χ0) is 22.4. The standard InChI is InChI=1S/C21H21FN4O4S/c1-3-26-19(13(2)30-17-7-5-4-6-16(17)22)24-25-21(26)31-12-18(27)23-15-10-8-14(9-11-15)20(28)29/h4-11,13H,3,12H2,1-2H3,(H,23,27)(H,28,29). The molecule has 0 spiro atoms. The molecule has 0 fully saturated rings. The van der Waals surface area contributed by atoms with Crippen molar-refractivity contribution in [2.24, 2.45) is 0 Å². The van der Waals surface area contributed by atoms with Gasteiger partial charge in [0.05, 0.1) is 11.3 Å². The smallest absolute Gasteiger partial charge is 0.335 e. The predicted octanol–water partition coefficient (Wildman–Crippen LogP) is 4.01. The molecule has 0 aliphatic rings. The normalized spacial score (nSPS) is 11.7. The first-order chi connectivity index (χ1) is 14.9. The van der Waals surface area contributed by atoms with E-state index < -0.39 is 17.9 Å². The molecule has 0 bridgehead atoms. The number of rotatable bonds is 9. The molecule has 0 aliphatic carbocycles. The van der Waals surface area contributed by atoms with Gasteiger partial charge in [0.15, 0.2) is 28.7 Å². The van der Waals surface area contributed by atoms with Crippen molar-refractivity contribution in [3.8, 4) is 5.75 Å². The number of halogens is 1. The topological polar surface area (TPSA) is 106 Å². The van der Waals surface area contributed by atoms with Gasteiger partial charge < -0.3 is 19.7 Å². The molecule has 3 aromatic rings. The van der Waals surface area contributed by atoms with Gasteiger partial charge in [-0.25, -0.2) is 9.18 Å². The third kappa shape index (κ3) is 5.60. The number of nitrogens with zero attached hydrogens (tertiary/aromatic N) is 3. The number of carboxylic acid groups (broad SMARTS) is 1. The lowest BCUT2D eigenvalue weighted by molar-refractivity contribution is -0.113. The van der Waals surface area contributed by atoms with Gasteiger partial charge in [0, 0.05) is 12.2 Å². The number of carbonyl (C=O) groups excluding carboxylic acids is 1. The maximum absolute atomic E-state index is 13.9. The number of benzene rings is 2. The highest BCUT2D eigenvalue weighted by molar-refractivity contribution is 7.99. The van der Waals surface area contributed by atoms with Crippen LogP contribution in [0.25, 0.3) is 0 Å². The fourth-order valence-corrected chi connectivity index (χ4v) is 3.62. The SMILES string of the molecule is CCn1c(SCC(=O)Nc2ccc(C(=O)O)cc2)nnc1C(C)Oc1ccccc1F. The number of aromatic carboxylic acids is 1. The van der Waals surface area contributed by atoms with Gasteiger partial charge >= 0.3 is 5.97 Å². The van der Waals surface area contributed by atoms with E-state index in [1.165, 1.54) is 42.1 Å². The summed E-state index contributed by atoms with van der Waals surface area (Å²) in [5.74, 6) is -1.02. The lowest BCUT2D eigenvalue weighted by Gasteiger charge is -2.16. The molecule has 8 nitrogen and oxygen atoms in total. The monoisotopic (exact) mass is 444 g/mol. The Hall–Kier alpha value is -3.40. The third-order valence-electron chi connectivity index (χ3n) is 4.31. The number of nitrogens with one attached hydrogen (secondary N) is 1. The number of ether oxygens (including phenoxy) is 1. The van der Waals surface area contributed by atoms with Gasteiger partial charge in [0.25, 0.3) is 0 Å². The van der Waals surface area contributed by atoms with Crippen LogP contribution in [0.5, 0.6) is 5.75 Å². The second-order valence-electron chi connectivity index (χ2n) is 6.49. The van der Waals surface area contributed by atoms with Crippen molar-refractivity contribution in [1.29, 1.82) is 0 Å². The van der Waals surface area contributed by atoms with E-state index in [9.17, 15) is 14.0 Å². The number of anilines is 1. The van der Waals surface area contributed by atoms with E-state index in [4.69, 9.17) is 9.84 Å². The lowest BCUT2D eigenvalue weighted by Crippen LogP contribution is -2.15. The summed E-state index contributed by atoms with van der Waals surface area (Å²) < 4.78 is 21.4. The first kappa shape index (κ1) is 22.3. The summed E-state index contributed by atoms with van der Waals surface area (Å²) in [6.45, 7) is 4.22. The average molecular weight is 444 g/mol. The molecule has 1 heterocycles. The summed E-state index contributed by atoms with van der Waals surface area (Å²) >= 11 is 1.21. The van der Waals surface area contributed by atoms with Crippen molar-refractivity contribution in [2.75, 3.05) is 11.1 Å². The van der Waals surface area contributed by atoms with Crippen LogP contribution in [0.4, 0.5) is 10.1 Å². The molecule has 3 rings (SSSR count). The quantitative estimate of drug-likeness (QED) is 0.480. The molecule has 0 radical (unpaired) electrons. The van der Waals surface area contributed by atoms with E-state index >= 15 is 0 Å². The van der Waals surface area contributed by atoms with Crippen molar-refractivity contribution in [1.82, 2.24) is 14.8 Å². The highest BCUT2D eigenvalue weighted by atomic mass is 32.2. The molecule has 2 aromatic carbocycles. The van der Waals surface area contributed by atoms with Crippen LogP contribution in [0, 0.1) is 5.82 Å². The van der Waals surface area contributed by atoms with Gasteiger partial charge in [0.2, 0.25) is 5.91 Å². The number of carbonyl (C=O) groups is 2. The van der Waals surface area contributed by atoms with Crippen LogP contribution in [0.2, 0.25) is 0 Å². The molecule has 2 N–H and O–H groups in total. The van der Waals surface area contributed by atoms with Crippen molar-refractivity contribution in [2.45, 2.75) is 31.7 Å². The zero-order valence-corrected chi connectivity index (χ0v) is 17.7. The van der Waals surface area contributed by atoms with Gasteiger partial charge in [0.1, 0.15) is 0 Å². The number of thioether (sulfide) groups is 1. The Morgan fingerprint density at radius 1 is 1.19 bits per heavy atom. The number of amides is 1. The molecular weight excluding hydrogens is 423 g/mol. The Bertz CT molecular complexity index is 1070. The molecule has 0 saturated carbocycles. The third-order valence-corrected chi connectivity index (χ3v) is 5.28. The summed E-state index contributed by atoms with van der Waals surface area (Å²) in [6.07, 6.45) is -0.541. The van der Waals surface area contributed by atoms with Crippen LogP contribution >= 0.6 is 11.8 Å². The van der Waals surface area contributed by atoms with Gasteiger partial charge in [-0.05, 0) is 50.2 Å². The van der Waals surface area contributed by atoms with Crippen LogP contribution in [-0.2, 0) is 11.3 Å². The van der Waals surface area contributed by atoms with Crippen LogP contribution in [-0.4, -0.2) is 37.5 Å². The van der Waals surface area contributed by atoms with Crippen LogP contribution < -0.4 is 10.1 Å². The molecule has 162 valence electrons. The van der Waals surface area contributed by atoms with E-state index in [0.29, 0.717) is 23.2 Å². The molecule has 10 heteroatoms. The average Bonchev–Trinajstić information content (AvgIpc) is 3.17. The van der Waals surface area contributed by atoms with Crippen LogP contribution in [0.1, 0.15) is 36.1 Å². The van der Waals surface area contributed by atoms with Crippen LogP contribution in [0.3, 0.4) is 0 Å². The van der Waals surface area contributed by atoms with Gasteiger partial charge in [-0.1, -0.05) is 23.9 Å². The second-order valence-corrected chi connectivity index (χ2v) is 7.44. The van der Waals surface area contributed by atoms with Gasteiger partial charge in [-0.2, -0.15) is 0 Å². The minimum atomic E-state index is -1.03. The number of aromatic nitrogens is 3. The number of hydrogen-bond acceptors (Lipinski definition) is 6. The predicted molar refractivity (Wildman–Crippen MR) is 114 cm³/mol. The van der Waals surface area contributed by atoms with E-state index in [2.05, 4.69) is 15.5 Å². The minimum Gasteiger partial charge on any atom is -0.480 e. The molecule has 1 amide bonds. The molecule has 1 unspecified atom stereocenters. The molecular formula is C21H21FN4O4S. The second kappa shape index (κ2) is 10.1. The number of hydrogen-bond donors (Lipinski definition) is 2. The summed E-state index contributed by atoms with van der Waals surface area (Å²) in [7, 11) is 0. The van der Waals surface area contributed by atoms with E-state index in [-0.39, 0.29) is 23.0 Å². The molecule has 0 aliphatic heterocycles. The Morgan fingerprint density at radius 3 is 2.55 bits per heavy atom. The van der Waals surface area contributed by atoms with Crippen molar-refractivity contribution < 1.29 is 23.8 Å². The first-order valence-corrected chi connectivity index (χ1v) is 10.5. The molecule has 0 saturated heterocycles. The summed E-state index contributed by atoms with van der Waals surface area (Å²) in [4.78, 5) is 23.1. The Kier molecular flexibility index (Phi) is 7.24. The summed E-state index contributed by atoms with van der Waals surface area (Å²) in [6, 6.07) is 12.0. The van der Waals surface area contributed by atoms with Gasteiger partial charge in [-0.3, -0.25) is 4.79 Å². The first-order valence-electron chi connectivity index (χ1n) is 9.49. The zero-order valence-electron chi connectivity index (χ0n) is 16.9. The maximum Gasteiger partial charge on any atom is 0.335 e. The summed E-state index contributed by atoms with van der Waals surface area (Å²) in [5.41, 5.74) is 0.642. The Morgan fingerprint density at radius 2 is 1.90 bits per heavy atom. The van der Waals surface area contributed by atoms with E-state index in [0.717, 1.165) is 0 Å². The largest absolute Gasteiger partial charge is 0.480 e. The van der Waals surface area contributed by atoms with Crippen LogP contribution in [0.15, 0.2) is 53.7 Å². The number of para-hydroxylation sites is 1. The molecule has 1 atom stereocenters. The lowest BCUT2D eigenvalue weighted by atomic mass is 10.2.